The van der Waals surface area contributed by atoms with E-state index < -0.39 is 11.6 Å². The van der Waals surface area contributed by atoms with Crippen molar-refractivity contribution in [3.8, 4) is 23.1 Å². The molecule has 0 spiro atoms. The van der Waals surface area contributed by atoms with E-state index in [1.165, 1.54) is 35.4 Å². The molecule has 15 heteroatoms. The van der Waals surface area contributed by atoms with Crippen molar-refractivity contribution in [1.29, 1.82) is 0 Å². The number of piperidine rings is 1. The lowest BCUT2D eigenvalue weighted by Crippen LogP contribution is -2.41. The Morgan fingerprint density at radius 2 is 1.85 bits per heavy atom. The van der Waals surface area contributed by atoms with Gasteiger partial charge < -0.3 is 29.7 Å². The number of amides is 1. The highest BCUT2D eigenvalue weighted by Crippen LogP contribution is 2.35. The van der Waals surface area contributed by atoms with Gasteiger partial charge in [0.1, 0.15) is 41.9 Å². The Labute approximate surface area is 299 Å². The second-order valence-corrected chi connectivity index (χ2v) is 12.6. The Kier molecular flexibility index (Phi) is 10.5. The van der Waals surface area contributed by atoms with E-state index in [0.717, 1.165) is 38.2 Å². The number of carbonyl (C=O) groups excluding carboxylic acids is 1. The van der Waals surface area contributed by atoms with Crippen LogP contribution in [-0.2, 0) is 9.53 Å². The molecule has 0 unspecified atom stereocenters. The summed E-state index contributed by atoms with van der Waals surface area (Å²) in [5, 5.41) is 11.7. The van der Waals surface area contributed by atoms with Crippen LogP contribution in [0, 0.1) is 18.6 Å². The van der Waals surface area contributed by atoms with Gasteiger partial charge >= 0.3 is 0 Å². The minimum Gasteiger partial charge on any atom is -0.490 e. The summed E-state index contributed by atoms with van der Waals surface area (Å²) in [5.74, 6) is 0.385. The highest BCUT2D eigenvalue weighted by Gasteiger charge is 2.23. The van der Waals surface area contributed by atoms with Gasteiger partial charge in [0, 0.05) is 74.6 Å². The number of nitrogens with one attached hydrogen (secondary N) is 2. The molecule has 0 bridgehead atoms. The van der Waals surface area contributed by atoms with Crippen molar-refractivity contribution >= 4 is 34.0 Å². The fraction of sp³-hybridized carbons (Fsp3) is 0.324. The second kappa shape index (κ2) is 15.7. The fourth-order valence-electron chi connectivity index (χ4n) is 6.15. The van der Waals surface area contributed by atoms with Crippen LogP contribution >= 0.6 is 0 Å². The van der Waals surface area contributed by atoms with Gasteiger partial charge in [0.15, 0.2) is 0 Å². The number of morpholine rings is 1. The second-order valence-electron chi connectivity index (χ2n) is 12.6. The van der Waals surface area contributed by atoms with Crippen LogP contribution < -0.4 is 20.1 Å². The summed E-state index contributed by atoms with van der Waals surface area (Å²) in [6, 6.07) is 11.2. The molecule has 2 saturated heterocycles. The maximum absolute atomic E-state index is 15.5. The normalized spacial score (nSPS) is 15.4. The van der Waals surface area contributed by atoms with Crippen LogP contribution in [0.25, 0.3) is 16.6 Å². The van der Waals surface area contributed by atoms with E-state index in [1.54, 1.807) is 36.2 Å². The third-order valence-electron chi connectivity index (χ3n) is 9.10. The van der Waals surface area contributed by atoms with Gasteiger partial charge in [0.2, 0.25) is 11.8 Å². The van der Waals surface area contributed by atoms with E-state index in [9.17, 15) is 9.18 Å². The predicted octanol–water partition coefficient (Wildman–Crippen LogP) is 5.63. The van der Waals surface area contributed by atoms with Crippen molar-refractivity contribution in [2.75, 3.05) is 63.2 Å². The van der Waals surface area contributed by atoms with Gasteiger partial charge in [-0.1, -0.05) is 6.58 Å². The molecule has 270 valence electrons. The molecule has 0 atom stereocenters. The number of ether oxygens (including phenoxy) is 3. The van der Waals surface area contributed by atoms with E-state index in [2.05, 4.69) is 42.2 Å². The van der Waals surface area contributed by atoms with Crippen molar-refractivity contribution in [1.82, 2.24) is 34.5 Å². The first-order valence-corrected chi connectivity index (χ1v) is 17.1. The van der Waals surface area contributed by atoms with Crippen molar-refractivity contribution in [2.24, 2.45) is 0 Å². The Morgan fingerprint density at radius 1 is 1.02 bits per heavy atom. The summed E-state index contributed by atoms with van der Waals surface area (Å²) in [4.78, 5) is 29.2. The van der Waals surface area contributed by atoms with Crippen LogP contribution in [0.2, 0.25) is 0 Å². The maximum Gasteiger partial charge on any atom is 0.245 e. The van der Waals surface area contributed by atoms with Gasteiger partial charge in [-0.2, -0.15) is 0 Å². The molecule has 2 N–H and O–H groups in total. The molecule has 0 aliphatic carbocycles. The maximum atomic E-state index is 15.5. The topological polar surface area (TPSA) is 132 Å². The van der Waals surface area contributed by atoms with Gasteiger partial charge in [-0.15, -0.1) is 5.10 Å². The molecule has 2 aliphatic heterocycles. The van der Waals surface area contributed by atoms with E-state index in [1.807, 2.05) is 12.1 Å². The molecular weight excluding hydrogens is 672 g/mol. The number of aryl methyl sites for hydroxylation is 1. The lowest BCUT2D eigenvalue weighted by Gasteiger charge is -2.32. The SMILES string of the molecule is C=CC(=O)N1CCC(Nc2cc3c(Nc4ccc(Oc5ccn(-c6cnc(C)c(F)c6)n5)cc4F)ncnc3cc2OCCN2CCOCC2)CC1. The summed E-state index contributed by atoms with van der Waals surface area (Å²) in [5.41, 5.74) is 2.27. The minimum absolute atomic E-state index is 0.0690. The first-order chi connectivity index (χ1) is 25.3. The number of likely N-dealkylation sites (tertiary alicyclic amines) is 1. The lowest BCUT2D eigenvalue weighted by atomic mass is 10.0. The predicted molar refractivity (Wildman–Crippen MR) is 192 cm³/mol. The molecule has 7 rings (SSSR count). The standard InChI is InChI=1S/C37H39F2N9O4/c1-3-36(49)47-9-6-25(7-10-47)43-33-20-28-32(21-34(33)51-17-14-46-12-15-50-16-13-46)41-23-42-37(28)44-31-5-4-27(19-30(31)39)52-35-8-11-48(45-35)26-18-29(38)24(2)40-22-26/h3-5,8,11,18-23,25,43H,1,6-7,9-10,12-17H2,2H3,(H,41,42,44). The smallest absolute Gasteiger partial charge is 0.245 e. The van der Waals surface area contributed by atoms with E-state index in [0.29, 0.717) is 61.1 Å². The van der Waals surface area contributed by atoms with Gasteiger partial charge in [0.05, 0.1) is 47.7 Å². The Hall–Kier alpha value is -5.67. The zero-order chi connectivity index (χ0) is 36.0. The average molecular weight is 712 g/mol. The van der Waals surface area contributed by atoms with Crippen molar-refractivity contribution < 1.29 is 27.8 Å². The summed E-state index contributed by atoms with van der Waals surface area (Å²) < 4.78 is 48.5. The Morgan fingerprint density at radius 3 is 2.62 bits per heavy atom. The van der Waals surface area contributed by atoms with Crippen LogP contribution in [0.5, 0.6) is 17.4 Å². The number of fused-ring (bicyclic) bond motifs is 1. The summed E-state index contributed by atoms with van der Waals surface area (Å²) in [6.45, 7) is 10.8. The van der Waals surface area contributed by atoms with Gasteiger partial charge in [0.25, 0.3) is 0 Å². The molecule has 3 aromatic heterocycles. The zero-order valence-electron chi connectivity index (χ0n) is 28.7. The molecule has 0 saturated carbocycles. The Balaban J connectivity index is 1.09. The molecule has 2 aromatic carbocycles. The Bertz CT molecular complexity index is 2060. The zero-order valence-corrected chi connectivity index (χ0v) is 28.7. The molecular formula is C37H39F2N9O4. The fourth-order valence-corrected chi connectivity index (χ4v) is 6.15. The van der Waals surface area contributed by atoms with Gasteiger partial charge in [-0.3, -0.25) is 14.7 Å². The number of nitrogens with zero attached hydrogens (tertiary/aromatic N) is 7. The van der Waals surface area contributed by atoms with Crippen LogP contribution in [0.4, 0.5) is 26.0 Å². The van der Waals surface area contributed by atoms with Crippen molar-refractivity contribution in [2.45, 2.75) is 25.8 Å². The number of rotatable bonds is 12. The molecule has 1 amide bonds. The average Bonchev–Trinajstić information content (AvgIpc) is 3.63. The number of benzene rings is 2. The number of anilines is 3. The number of hydrogen-bond acceptors (Lipinski definition) is 11. The van der Waals surface area contributed by atoms with Crippen molar-refractivity contribution in [3.63, 3.8) is 0 Å². The van der Waals surface area contributed by atoms with E-state index >= 15 is 4.39 Å². The van der Waals surface area contributed by atoms with Crippen LogP contribution in [0.1, 0.15) is 18.5 Å². The van der Waals surface area contributed by atoms with Crippen molar-refractivity contribution in [3.05, 3.63) is 91.2 Å². The van der Waals surface area contributed by atoms with Crippen LogP contribution in [0.3, 0.4) is 0 Å². The highest BCUT2D eigenvalue weighted by atomic mass is 19.1. The van der Waals surface area contributed by atoms with Crippen LogP contribution in [-0.4, -0.2) is 99.0 Å². The molecule has 5 heterocycles. The van der Waals surface area contributed by atoms with E-state index in [-0.39, 0.29) is 35.0 Å². The van der Waals surface area contributed by atoms with Crippen LogP contribution in [0.15, 0.2) is 73.8 Å². The molecule has 2 fully saturated rings. The molecule has 2 aliphatic rings. The molecule has 0 radical (unpaired) electrons. The first-order valence-electron chi connectivity index (χ1n) is 17.1. The first kappa shape index (κ1) is 34.8. The molecule has 52 heavy (non-hydrogen) atoms. The summed E-state index contributed by atoms with van der Waals surface area (Å²) >= 11 is 0. The number of carbonyl (C=O) groups is 1. The lowest BCUT2D eigenvalue weighted by molar-refractivity contribution is -0.126. The largest absolute Gasteiger partial charge is 0.490 e. The highest BCUT2D eigenvalue weighted by molar-refractivity contribution is 5.95. The van der Waals surface area contributed by atoms with Gasteiger partial charge in [-0.05, 0) is 44.0 Å². The number of pyridine rings is 1. The molecule has 5 aromatic rings. The number of halogens is 2. The number of hydrogen-bond donors (Lipinski definition) is 2. The third-order valence-corrected chi connectivity index (χ3v) is 9.10. The minimum atomic E-state index is -0.573. The quantitative estimate of drug-likeness (QED) is 0.156. The summed E-state index contributed by atoms with van der Waals surface area (Å²) in [6.07, 6.45) is 7.38. The summed E-state index contributed by atoms with van der Waals surface area (Å²) in [7, 11) is 0. The van der Waals surface area contributed by atoms with E-state index in [4.69, 9.17) is 14.2 Å². The van der Waals surface area contributed by atoms with Gasteiger partial charge in [-0.25, -0.2) is 23.4 Å². The molecule has 13 nitrogen and oxygen atoms in total. The third kappa shape index (κ3) is 8.11. The monoisotopic (exact) mass is 711 g/mol. The number of aromatic nitrogens is 5.